The highest BCUT2D eigenvalue weighted by atomic mass is 16.4. The molecule has 2 rings (SSSR count). The molecule has 0 aromatic heterocycles. The summed E-state index contributed by atoms with van der Waals surface area (Å²) in [7, 11) is 6.04. The number of hydrogen-bond acceptors (Lipinski definition) is 4. The Morgan fingerprint density at radius 3 is 2.38 bits per heavy atom. The number of likely N-dealkylation sites (N-methyl/N-ethyl adjacent to an activating group) is 1. The molecule has 0 radical (unpaired) electrons. The minimum absolute atomic E-state index is 0.235. The molecule has 0 amide bonds. The van der Waals surface area contributed by atoms with Gasteiger partial charge in [-0.3, -0.25) is 9.69 Å². The maximum Gasteiger partial charge on any atom is 0.325 e. The van der Waals surface area contributed by atoms with Crippen LogP contribution in [0.2, 0.25) is 0 Å². The molecule has 0 bridgehead atoms. The molecule has 1 heterocycles. The predicted octanol–water partition coefficient (Wildman–Crippen LogP) is 1.51. The molecule has 1 aliphatic heterocycles. The largest absolute Gasteiger partial charge is 0.480 e. The molecule has 1 saturated heterocycles. The molecule has 0 aliphatic carbocycles. The Balaban J connectivity index is 2.24. The lowest BCUT2D eigenvalue weighted by atomic mass is 10.0. The molecule has 1 fully saturated rings. The molecule has 2 unspecified atom stereocenters. The zero-order valence-electron chi connectivity index (χ0n) is 13.3. The number of nitrogens with zero attached hydrogens (tertiary/aromatic N) is 3. The van der Waals surface area contributed by atoms with E-state index in [-0.39, 0.29) is 6.04 Å². The third kappa shape index (κ3) is 3.54. The van der Waals surface area contributed by atoms with E-state index in [1.165, 1.54) is 0 Å². The van der Waals surface area contributed by atoms with Gasteiger partial charge in [0.25, 0.3) is 0 Å². The van der Waals surface area contributed by atoms with Gasteiger partial charge in [0.05, 0.1) is 0 Å². The molecule has 5 nitrogen and oxygen atoms in total. The third-order valence-corrected chi connectivity index (χ3v) is 4.17. The van der Waals surface area contributed by atoms with Crippen LogP contribution in [0.5, 0.6) is 0 Å². The highest BCUT2D eigenvalue weighted by molar-refractivity contribution is 5.76. The van der Waals surface area contributed by atoms with Crippen LogP contribution in [0.15, 0.2) is 24.3 Å². The molecular formula is C16H25N3O2. The number of anilines is 1. The van der Waals surface area contributed by atoms with Crippen LogP contribution in [0.4, 0.5) is 5.69 Å². The van der Waals surface area contributed by atoms with Crippen molar-refractivity contribution >= 4 is 11.7 Å². The number of aliphatic carboxylic acids is 1. The van der Waals surface area contributed by atoms with Crippen molar-refractivity contribution in [3.05, 3.63) is 29.8 Å². The van der Waals surface area contributed by atoms with Gasteiger partial charge in [0.2, 0.25) is 0 Å². The van der Waals surface area contributed by atoms with Crippen molar-refractivity contribution in [1.82, 2.24) is 9.80 Å². The smallest absolute Gasteiger partial charge is 0.325 e. The van der Waals surface area contributed by atoms with Crippen LogP contribution >= 0.6 is 0 Å². The van der Waals surface area contributed by atoms with E-state index < -0.39 is 12.0 Å². The molecule has 0 spiro atoms. The number of carboxylic acid groups (broad SMARTS) is 1. The van der Waals surface area contributed by atoms with Crippen LogP contribution in [0.25, 0.3) is 0 Å². The monoisotopic (exact) mass is 291 g/mol. The molecular weight excluding hydrogens is 266 g/mol. The summed E-state index contributed by atoms with van der Waals surface area (Å²) in [6.07, 6.45) is 0. The Hall–Kier alpha value is -1.59. The van der Waals surface area contributed by atoms with Crippen molar-refractivity contribution in [2.75, 3.05) is 45.7 Å². The number of hydrogen-bond donors (Lipinski definition) is 1. The van der Waals surface area contributed by atoms with Crippen molar-refractivity contribution in [1.29, 1.82) is 0 Å². The first-order valence-corrected chi connectivity index (χ1v) is 7.34. The lowest BCUT2D eigenvalue weighted by Crippen LogP contribution is -2.53. The van der Waals surface area contributed by atoms with E-state index in [1.54, 1.807) is 0 Å². The summed E-state index contributed by atoms with van der Waals surface area (Å²) < 4.78 is 0. The summed E-state index contributed by atoms with van der Waals surface area (Å²) in [5.41, 5.74) is 1.93. The first-order chi connectivity index (χ1) is 9.90. The number of piperazine rings is 1. The lowest BCUT2D eigenvalue weighted by Gasteiger charge is -2.41. The molecule has 1 aromatic rings. The fraction of sp³-hybridized carbons (Fsp3) is 0.562. The van der Waals surface area contributed by atoms with E-state index in [4.69, 9.17) is 0 Å². The summed E-state index contributed by atoms with van der Waals surface area (Å²) in [6, 6.07) is 7.49. The number of benzene rings is 1. The standard InChI is InChI=1S/C16H25N3O2/c1-12-11-18(4)9-10-19(12)15(16(20)21)13-5-7-14(8-6-13)17(2)3/h5-8,12,15H,9-11H2,1-4H3,(H,20,21). The maximum atomic E-state index is 11.8. The van der Waals surface area contributed by atoms with Gasteiger partial charge in [-0.2, -0.15) is 0 Å². The molecule has 5 heteroatoms. The van der Waals surface area contributed by atoms with Crippen LogP contribution < -0.4 is 4.90 Å². The molecule has 21 heavy (non-hydrogen) atoms. The third-order valence-electron chi connectivity index (χ3n) is 4.17. The van der Waals surface area contributed by atoms with Crippen LogP contribution in [0.3, 0.4) is 0 Å². The van der Waals surface area contributed by atoms with Gasteiger partial charge >= 0.3 is 5.97 Å². The fourth-order valence-electron chi connectivity index (χ4n) is 2.97. The van der Waals surface area contributed by atoms with E-state index in [9.17, 15) is 9.90 Å². The second-order valence-corrected chi connectivity index (χ2v) is 6.08. The molecule has 116 valence electrons. The summed E-state index contributed by atoms with van der Waals surface area (Å²) in [4.78, 5) is 18.1. The Morgan fingerprint density at radius 2 is 1.90 bits per heavy atom. The SMILES string of the molecule is CC1CN(C)CCN1C(C(=O)O)c1ccc(N(C)C)cc1. The van der Waals surface area contributed by atoms with Gasteiger partial charge in [-0.05, 0) is 31.7 Å². The van der Waals surface area contributed by atoms with Gasteiger partial charge in [-0.1, -0.05) is 12.1 Å². The zero-order valence-corrected chi connectivity index (χ0v) is 13.3. The van der Waals surface area contributed by atoms with E-state index in [0.29, 0.717) is 0 Å². The van der Waals surface area contributed by atoms with E-state index in [2.05, 4.69) is 23.8 Å². The van der Waals surface area contributed by atoms with Gasteiger partial charge in [0, 0.05) is 45.5 Å². The van der Waals surface area contributed by atoms with Crippen LogP contribution in [-0.2, 0) is 4.79 Å². The highest BCUT2D eigenvalue weighted by Gasteiger charge is 2.33. The molecule has 0 saturated carbocycles. The molecule has 2 atom stereocenters. The van der Waals surface area contributed by atoms with Crippen molar-refractivity contribution < 1.29 is 9.90 Å². The summed E-state index contributed by atoms with van der Waals surface area (Å²) in [5, 5.41) is 9.68. The zero-order chi connectivity index (χ0) is 15.6. The van der Waals surface area contributed by atoms with Gasteiger partial charge in [0.15, 0.2) is 0 Å². The maximum absolute atomic E-state index is 11.8. The number of carboxylic acids is 1. The second-order valence-electron chi connectivity index (χ2n) is 6.08. The van der Waals surface area contributed by atoms with Crippen molar-refractivity contribution in [3.8, 4) is 0 Å². The Kier molecular flexibility index (Phi) is 4.85. The Bertz CT molecular complexity index is 487. The van der Waals surface area contributed by atoms with Gasteiger partial charge < -0.3 is 14.9 Å². The fourth-order valence-corrected chi connectivity index (χ4v) is 2.97. The highest BCUT2D eigenvalue weighted by Crippen LogP contribution is 2.27. The van der Waals surface area contributed by atoms with Crippen LogP contribution in [0.1, 0.15) is 18.5 Å². The van der Waals surface area contributed by atoms with Crippen LogP contribution in [0, 0.1) is 0 Å². The van der Waals surface area contributed by atoms with E-state index in [0.717, 1.165) is 30.9 Å². The summed E-state index contributed by atoms with van der Waals surface area (Å²) in [6.45, 7) is 4.69. The number of rotatable bonds is 4. The van der Waals surface area contributed by atoms with Crippen LogP contribution in [-0.4, -0.2) is 67.7 Å². The Labute approximate surface area is 126 Å². The molecule has 1 aliphatic rings. The van der Waals surface area contributed by atoms with E-state index >= 15 is 0 Å². The predicted molar refractivity (Wildman–Crippen MR) is 84.8 cm³/mol. The topological polar surface area (TPSA) is 47.0 Å². The van der Waals surface area contributed by atoms with Gasteiger partial charge in [-0.15, -0.1) is 0 Å². The Morgan fingerprint density at radius 1 is 1.29 bits per heavy atom. The number of carbonyl (C=O) groups is 1. The minimum atomic E-state index is -0.774. The van der Waals surface area contributed by atoms with Crippen molar-refractivity contribution in [3.63, 3.8) is 0 Å². The molecule has 1 aromatic carbocycles. The second kappa shape index (κ2) is 6.45. The van der Waals surface area contributed by atoms with Gasteiger partial charge in [-0.25, -0.2) is 0 Å². The summed E-state index contributed by atoms with van der Waals surface area (Å²) >= 11 is 0. The first kappa shape index (κ1) is 15.8. The average Bonchev–Trinajstić information content (AvgIpc) is 2.42. The lowest BCUT2D eigenvalue weighted by molar-refractivity contribution is -0.145. The van der Waals surface area contributed by atoms with Crippen molar-refractivity contribution in [2.24, 2.45) is 0 Å². The van der Waals surface area contributed by atoms with Gasteiger partial charge in [0.1, 0.15) is 6.04 Å². The normalized spacial score (nSPS) is 22.0. The molecule has 1 N–H and O–H groups in total. The average molecular weight is 291 g/mol. The first-order valence-electron chi connectivity index (χ1n) is 7.34. The van der Waals surface area contributed by atoms with Crippen molar-refractivity contribution in [2.45, 2.75) is 19.0 Å². The quantitative estimate of drug-likeness (QED) is 0.911. The minimum Gasteiger partial charge on any atom is -0.480 e. The summed E-state index contributed by atoms with van der Waals surface area (Å²) in [5.74, 6) is -0.774. The van der Waals surface area contributed by atoms with E-state index in [1.807, 2.05) is 43.3 Å².